The number of hydrogen-bond acceptors (Lipinski definition) is 1. The number of benzene rings is 9. The van der Waals surface area contributed by atoms with Crippen LogP contribution < -0.4 is 153 Å². The van der Waals surface area contributed by atoms with Gasteiger partial charge in [0.25, 0.3) is 0 Å². The number of furan rings is 1. The summed E-state index contributed by atoms with van der Waals surface area (Å²) >= 11 is 0. The molecule has 56 radical (unpaired) electrons. The van der Waals surface area contributed by atoms with Crippen molar-refractivity contribution in [2.45, 2.75) is 0 Å². The number of fused-ring (bicyclic) bond motifs is 8. The van der Waals surface area contributed by atoms with Gasteiger partial charge in [0, 0.05) is 10.8 Å². The zero-order valence-corrected chi connectivity index (χ0v) is 39.6. The molecule has 0 saturated carbocycles. The van der Waals surface area contributed by atoms with Gasteiger partial charge < -0.3 is 4.42 Å². The largest absolute Gasteiger partial charge is 0.457 e. The Hall–Kier alpha value is -4.36. The first-order chi connectivity index (χ1) is 35.0. The van der Waals surface area contributed by atoms with E-state index in [1.165, 1.54) is 0 Å². The average molecular weight is 871 g/mol. The second-order valence-electron chi connectivity index (χ2n) is 18.3. The molecule has 75 heavy (non-hydrogen) atoms. The van der Waals surface area contributed by atoms with Crippen molar-refractivity contribution in [2.24, 2.45) is 0 Å². The SMILES string of the molecule is [B]c1c([B])c(-c2c([B])c([B])c3c([B])c([B])c4c([B])c([B])c([B])c([B])c4c3c2[B])c([B])c(-c2c3c([B])c([B])c([B])c([B])c3c(-c3c([B])c([B])c([B])c4oc5c([B])c([B])c([B])c([B])c5c34)c3c([B])c([B])c([B])c([B])c23)c1[B]. The maximum absolute atomic E-state index is 7.44. The maximum atomic E-state index is 7.44. The molecule has 274 valence electrons. The van der Waals surface area contributed by atoms with Crippen LogP contribution in [-0.4, -0.2) is 220 Å². The van der Waals surface area contributed by atoms with Gasteiger partial charge in [0.1, 0.15) is 231 Å². The summed E-state index contributed by atoms with van der Waals surface area (Å²) in [6.07, 6.45) is 0. The van der Waals surface area contributed by atoms with Crippen LogP contribution in [0.25, 0.3) is 98.4 Å². The van der Waals surface area contributed by atoms with Crippen molar-refractivity contribution in [2.75, 3.05) is 0 Å². The van der Waals surface area contributed by atoms with Crippen molar-refractivity contribution in [3.05, 3.63) is 0 Å². The summed E-state index contributed by atoms with van der Waals surface area (Å²) in [5.41, 5.74) is -5.24. The van der Waals surface area contributed by atoms with E-state index in [0.29, 0.717) is 0 Å². The topological polar surface area (TPSA) is 13.1 Å². The van der Waals surface area contributed by atoms with Crippen LogP contribution in [0, 0.1) is 0 Å². The summed E-state index contributed by atoms with van der Waals surface area (Å²) < 4.78 is 6.34. The molecule has 0 atom stereocenters. The van der Waals surface area contributed by atoms with Gasteiger partial charge >= 0.3 is 0 Å². The van der Waals surface area contributed by atoms with Crippen molar-refractivity contribution in [1.29, 1.82) is 0 Å². The number of rotatable bonds is 3. The van der Waals surface area contributed by atoms with E-state index in [4.69, 9.17) is 224 Å². The van der Waals surface area contributed by atoms with Gasteiger partial charge in [0.2, 0.25) is 0 Å². The van der Waals surface area contributed by atoms with Crippen LogP contribution in [0.15, 0.2) is 4.42 Å². The Morgan fingerprint density at radius 2 is 0.333 bits per heavy atom. The molecule has 29 heteroatoms. The fourth-order valence-electron chi connectivity index (χ4n) is 10.7. The Labute approximate surface area is 472 Å². The lowest BCUT2D eigenvalue weighted by Gasteiger charge is -2.33. The first kappa shape index (κ1) is 54.0. The first-order valence-corrected chi connectivity index (χ1v) is 22.0. The fraction of sp³-hybridized carbons (Fsp3) is 0. The molecule has 10 aromatic rings. The van der Waals surface area contributed by atoms with E-state index in [1.54, 1.807) is 0 Å². The van der Waals surface area contributed by atoms with Crippen molar-refractivity contribution in [1.82, 2.24) is 0 Å². The van der Waals surface area contributed by atoms with E-state index >= 15 is 0 Å². The van der Waals surface area contributed by atoms with Crippen molar-refractivity contribution >= 4 is 438 Å². The smallest absolute Gasteiger partial charge is 0.128 e. The third-order valence-electron chi connectivity index (χ3n) is 14.7. The molecule has 10 rings (SSSR count). The summed E-state index contributed by atoms with van der Waals surface area (Å²) in [4.78, 5) is 0. The Morgan fingerprint density at radius 1 is 0.120 bits per heavy atom. The highest BCUT2D eigenvalue weighted by Gasteiger charge is 2.32. The second-order valence-corrected chi connectivity index (χ2v) is 18.3. The van der Waals surface area contributed by atoms with Crippen LogP contribution in [0.1, 0.15) is 0 Å². The van der Waals surface area contributed by atoms with Gasteiger partial charge in [-0.25, -0.2) is 0 Å². The lowest BCUT2D eigenvalue weighted by atomic mass is 9.55. The third-order valence-corrected chi connectivity index (χ3v) is 14.7. The fourth-order valence-corrected chi connectivity index (χ4v) is 10.7. The molecule has 0 saturated heterocycles. The highest BCUT2D eigenvalue weighted by molar-refractivity contribution is 6.78. The van der Waals surface area contributed by atoms with Crippen LogP contribution in [-0.2, 0) is 0 Å². The van der Waals surface area contributed by atoms with E-state index in [-0.39, 0.29) is 251 Å². The molecule has 0 spiro atoms. The number of hydrogen-bond donors (Lipinski definition) is 0. The van der Waals surface area contributed by atoms with Crippen LogP contribution in [0.3, 0.4) is 0 Å². The Morgan fingerprint density at radius 3 is 0.747 bits per heavy atom. The molecule has 0 unspecified atom stereocenters. The molecule has 0 amide bonds. The van der Waals surface area contributed by atoms with Gasteiger partial charge in [0.15, 0.2) is 0 Å². The van der Waals surface area contributed by atoms with E-state index in [2.05, 4.69) is 0 Å². The standard InChI is InChI=1S/C46B28O/c47-17-8-9-13(30(60)39(69)38(68)24(9)54)27(57)25(55)12(8)26(56)28(58)14(17)15-18(48)11(29(59)33(63)31(15)61)2-5-3(19(49)34(64)36(66)21(5)51)1(4-6(2)22(52)37(67)35(65)20(4)50)7-10-16-32(62)40(70)42(72)44(74)46(16)75-45(10)43(73)41(71)23(7)53. The van der Waals surface area contributed by atoms with Gasteiger partial charge in [0.05, 0.1) is 0 Å². The van der Waals surface area contributed by atoms with Crippen LogP contribution in [0.5, 0.6) is 0 Å². The summed E-state index contributed by atoms with van der Waals surface area (Å²) in [6, 6.07) is 0. The molecule has 0 bridgehead atoms. The van der Waals surface area contributed by atoms with E-state index in [9.17, 15) is 0 Å². The first-order valence-electron chi connectivity index (χ1n) is 22.0. The molecule has 0 aliphatic heterocycles. The Balaban J connectivity index is 1.51. The molecule has 0 aliphatic carbocycles. The molecule has 1 nitrogen and oxygen atoms in total. The van der Waals surface area contributed by atoms with Crippen LogP contribution >= 0.6 is 0 Å². The van der Waals surface area contributed by atoms with Crippen LogP contribution in [0.2, 0.25) is 0 Å². The molecule has 0 fully saturated rings. The second kappa shape index (κ2) is 18.1. The van der Waals surface area contributed by atoms with Crippen LogP contribution in [0.4, 0.5) is 0 Å². The van der Waals surface area contributed by atoms with E-state index in [1.807, 2.05) is 0 Å². The van der Waals surface area contributed by atoms with E-state index in [0.717, 1.165) is 0 Å². The predicted molar refractivity (Wildman–Crippen MR) is 351 cm³/mol. The lowest BCUT2D eigenvalue weighted by Crippen LogP contribution is -2.52. The lowest BCUT2D eigenvalue weighted by molar-refractivity contribution is 0.675. The van der Waals surface area contributed by atoms with Gasteiger partial charge in [-0.15, -0.1) is 54.6 Å². The predicted octanol–water partition coefficient (Wildman–Crippen LogP) is -20.6. The monoisotopic (exact) mass is 876 g/mol. The van der Waals surface area contributed by atoms with Crippen molar-refractivity contribution in [3.8, 4) is 33.4 Å². The molecule has 9 aromatic carbocycles. The average Bonchev–Trinajstić information content (AvgIpc) is 3.81. The molecule has 1 heterocycles. The minimum absolute atomic E-state index is 0.00194. The van der Waals surface area contributed by atoms with Crippen molar-refractivity contribution in [3.63, 3.8) is 0 Å². The highest BCUT2D eigenvalue weighted by atomic mass is 16.3. The summed E-state index contributed by atoms with van der Waals surface area (Å²) in [5.74, 6) is 0. The van der Waals surface area contributed by atoms with Gasteiger partial charge in [-0.3, -0.25) is 0 Å². The minimum Gasteiger partial charge on any atom is -0.457 e. The molecule has 1 aromatic heterocycles. The summed E-state index contributed by atoms with van der Waals surface area (Å²) in [6.45, 7) is 0. The maximum Gasteiger partial charge on any atom is 0.128 e. The summed E-state index contributed by atoms with van der Waals surface area (Å²) in [5, 5.41) is 0.389. The van der Waals surface area contributed by atoms with Gasteiger partial charge in [-0.05, 0) is 76.5 Å². The Kier molecular flexibility index (Phi) is 13.0. The third kappa shape index (κ3) is 6.85. The molecule has 0 N–H and O–H groups in total. The van der Waals surface area contributed by atoms with Gasteiger partial charge in [-0.1, -0.05) is 98.3 Å². The quantitative estimate of drug-likeness (QED) is 0.0979. The zero-order valence-electron chi connectivity index (χ0n) is 39.6. The highest BCUT2D eigenvalue weighted by Crippen LogP contribution is 2.43. The zero-order chi connectivity index (χ0) is 55.3. The molecular formula is C46B28O. The van der Waals surface area contributed by atoms with Crippen molar-refractivity contribution < 1.29 is 4.42 Å². The van der Waals surface area contributed by atoms with Gasteiger partial charge in [-0.2, -0.15) is 0 Å². The normalized spacial score (nSPS) is 11.9. The molecular weight excluding hydrogens is 871 g/mol. The molecule has 0 aliphatic rings. The summed E-state index contributed by atoms with van der Waals surface area (Å²) in [7, 11) is 191. The minimum atomic E-state index is -0.284. The van der Waals surface area contributed by atoms with E-state index < -0.39 is 0 Å². The Bertz CT molecular complexity index is 4360.